The lowest BCUT2D eigenvalue weighted by Crippen LogP contribution is -2.53. The van der Waals surface area contributed by atoms with Crippen LogP contribution in [0.1, 0.15) is 10.4 Å². The first-order valence-corrected chi connectivity index (χ1v) is 5.91. The Morgan fingerprint density at radius 1 is 1.29 bits per heavy atom. The highest BCUT2D eigenvalue weighted by atomic mass is 19.4. The molecule has 1 aromatic rings. The van der Waals surface area contributed by atoms with Crippen molar-refractivity contribution in [3.8, 4) is 0 Å². The van der Waals surface area contributed by atoms with Crippen LogP contribution in [0, 0.1) is 11.6 Å². The Morgan fingerprint density at radius 3 is 2.33 bits per heavy atom. The molecule has 1 aliphatic heterocycles. The van der Waals surface area contributed by atoms with E-state index in [9.17, 15) is 26.7 Å². The number of rotatable bonds is 2. The topological polar surface area (TPSA) is 55.6 Å². The molecule has 1 aliphatic rings. The van der Waals surface area contributed by atoms with Crippen LogP contribution in [-0.2, 0) is 4.74 Å². The molecule has 2 rings (SSSR count). The second kappa shape index (κ2) is 5.47. The number of carbonyl (C=O) groups is 1. The van der Waals surface area contributed by atoms with Crippen LogP contribution < -0.4 is 10.6 Å². The Hall–Kier alpha value is -1.90. The maximum atomic E-state index is 13.7. The quantitative estimate of drug-likeness (QED) is 0.848. The largest absolute Gasteiger partial charge is 0.411 e. The zero-order chi connectivity index (χ0) is 15.8. The molecule has 0 aliphatic carbocycles. The van der Waals surface area contributed by atoms with Crippen molar-refractivity contribution in [3.05, 3.63) is 29.3 Å². The van der Waals surface area contributed by atoms with E-state index in [4.69, 9.17) is 10.5 Å². The molecule has 0 bridgehead atoms. The molecule has 0 saturated carbocycles. The highest BCUT2D eigenvalue weighted by Crippen LogP contribution is 2.32. The van der Waals surface area contributed by atoms with Gasteiger partial charge in [-0.2, -0.15) is 13.2 Å². The number of primary amides is 1. The third-order valence-electron chi connectivity index (χ3n) is 3.11. The minimum Gasteiger partial charge on any atom is -0.377 e. The van der Waals surface area contributed by atoms with Crippen molar-refractivity contribution in [2.45, 2.75) is 12.2 Å². The second-order valence-electron chi connectivity index (χ2n) is 4.47. The number of nitrogens with two attached hydrogens (primary N) is 1. The van der Waals surface area contributed by atoms with Gasteiger partial charge in [-0.15, -0.1) is 0 Å². The van der Waals surface area contributed by atoms with Gasteiger partial charge in [-0.05, 0) is 12.1 Å². The molecule has 1 fully saturated rings. The SMILES string of the molecule is NC(=O)c1c(F)cc(N2CCOC[C@@H]2C(F)(F)F)cc1F. The number of morpholine rings is 1. The summed E-state index contributed by atoms with van der Waals surface area (Å²) in [7, 11) is 0. The molecule has 1 amide bonds. The fourth-order valence-corrected chi connectivity index (χ4v) is 2.14. The number of anilines is 1. The molecule has 1 atom stereocenters. The zero-order valence-corrected chi connectivity index (χ0v) is 10.6. The summed E-state index contributed by atoms with van der Waals surface area (Å²) in [5.74, 6) is -3.93. The standard InChI is InChI=1S/C12H11F5N2O2/c13-7-3-6(4-8(14)10(7)11(18)20)19-1-2-21-5-9(19)12(15,16)17/h3-4,9H,1-2,5H2,(H2,18,20)/t9-/m1/s1. The molecule has 0 spiro atoms. The minimum atomic E-state index is -4.62. The van der Waals surface area contributed by atoms with E-state index in [0.717, 1.165) is 4.90 Å². The summed E-state index contributed by atoms with van der Waals surface area (Å²) in [6.07, 6.45) is -4.62. The van der Waals surface area contributed by atoms with E-state index in [0.29, 0.717) is 12.1 Å². The first-order valence-electron chi connectivity index (χ1n) is 5.91. The molecular formula is C12H11F5N2O2. The van der Waals surface area contributed by atoms with E-state index in [2.05, 4.69) is 0 Å². The third-order valence-corrected chi connectivity index (χ3v) is 3.11. The summed E-state index contributed by atoms with van der Waals surface area (Å²) in [5, 5.41) is 0. The molecule has 116 valence electrons. The van der Waals surface area contributed by atoms with E-state index >= 15 is 0 Å². The Labute approximate surface area is 116 Å². The lowest BCUT2D eigenvalue weighted by molar-refractivity contribution is -0.167. The predicted molar refractivity (Wildman–Crippen MR) is 62.9 cm³/mol. The van der Waals surface area contributed by atoms with Crippen LogP contribution in [0.2, 0.25) is 0 Å². The van der Waals surface area contributed by atoms with Crippen molar-refractivity contribution in [3.63, 3.8) is 0 Å². The molecule has 0 radical (unpaired) electrons. The molecule has 9 heteroatoms. The monoisotopic (exact) mass is 310 g/mol. The van der Waals surface area contributed by atoms with Gasteiger partial charge >= 0.3 is 6.18 Å². The molecule has 1 aromatic carbocycles. The first kappa shape index (κ1) is 15.5. The number of benzene rings is 1. The van der Waals surface area contributed by atoms with Crippen LogP contribution in [0.3, 0.4) is 0 Å². The van der Waals surface area contributed by atoms with Gasteiger partial charge in [0, 0.05) is 12.2 Å². The van der Waals surface area contributed by atoms with Crippen molar-refractivity contribution >= 4 is 11.6 Å². The fraction of sp³-hybridized carbons (Fsp3) is 0.417. The van der Waals surface area contributed by atoms with E-state index in [1.165, 1.54) is 0 Å². The van der Waals surface area contributed by atoms with Gasteiger partial charge in [-0.3, -0.25) is 4.79 Å². The number of amides is 1. The van der Waals surface area contributed by atoms with Crippen LogP contribution in [0.15, 0.2) is 12.1 Å². The zero-order valence-electron chi connectivity index (χ0n) is 10.6. The van der Waals surface area contributed by atoms with Gasteiger partial charge < -0.3 is 15.4 Å². The van der Waals surface area contributed by atoms with Crippen molar-refractivity contribution in [2.24, 2.45) is 5.73 Å². The average Bonchev–Trinajstić information content (AvgIpc) is 2.36. The Bertz CT molecular complexity index is 538. The Balaban J connectivity index is 2.43. The maximum Gasteiger partial charge on any atom is 0.411 e. The van der Waals surface area contributed by atoms with E-state index < -0.39 is 41.9 Å². The number of hydrogen-bond acceptors (Lipinski definition) is 3. The first-order chi connectivity index (χ1) is 9.71. The summed E-state index contributed by atoms with van der Waals surface area (Å²) < 4.78 is 70.8. The number of nitrogens with zero attached hydrogens (tertiary/aromatic N) is 1. The van der Waals surface area contributed by atoms with Gasteiger partial charge in [0.1, 0.15) is 23.2 Å². The summed E-state index contributed by atoms with van der Waals surface area (Å²) in [6, 6.07) is -0.690. The highest BCUT2D eigenvalue weighted by molar-refractivity contribution is 5.93. The van der Waals surface area contributed by atoms with Crippen molar-refractivity contribution < 1.29 is 31.5 Å². The van der Waals surface area contributed by atoms with Gasteiger partial charge in [0.2, 0.25) is 0 Å². The Morgan fingerprint density at radius 2 is 1.86 bits per heavy atom. The van der Waals surface area contributed by atoms with Crippen molar-refractivity contribution in [1.82, 2.24) is 0 Å². The summed E-state index contributed by atoms with van der Waals surface area (Å²) in [6.45, 7) is -0.823. The number of hydrogen-bond donors (Lipinski definition) is 1. The number of halogens is 5. The smallest absolute Gasteiger partial charge is 0.377 e. The summed E-state index contributed by atoms with van der Waals surface area (Å²) in [4.78, 5) is 11.7. The third kappa shape index (κ3) is 3.07. The number of ether oxygens (including phenoxy) is 1. The molecule has 2 N–H and O–H groups in total. The maximum absolute atomic E-state index is 13.7. The number of carbonyl (C=O) groups excluding carboxylic acids is 1. The molecule has 0 unspecified atom stereocenters. The highest BCUT2D eigenvalue weighted by Gasteiger charge is 2.45. The lowest BCUT2D eigenvalue weighted by Gasteiger charge is -2.38. The molecule has 1 heterocycles. The molecule has 1 saturated heterocycles. The van der Waals surface area contributed by atoms with E-state index in [-0.39, 0.29) is 18.8 Å². The van der Waals surface area contributed by atoms with Crippen LogP contribution in [-0.4, -0.2) is 37.9 Å². The average molecular weight is 310 g/mol. The normalized spacial score (nSPS) is 19.7. The van der Waals surface area contributed by atoms with Gasteiger partial charge in [0.15, 0.2) is 0 Å². The molecule has 4 nitrogen and oxygen atoms in total. The van der Waals surface area contributed by atoms with Gasteiger partial charge in [0.25, 0.3) is 5.91 Å². The minimum absolute atomic E-state index is 0.00656. The Kier molecular flexibility index (Phi) is 4.04. The van der Waals surface area contributed by atoms with Crippen LogP contribution in [0.4, 0.5) is 27.6 Å². The molecule has 0 aromatic heterocycles. The summed E-state index contributed by atoms with van der Waals surface area (Å²) in [5.41, 5.74) is 3.51. The van der Waals surface area contributed by atoms with Crippen molar-refractivity contribution in [2.75, 3.05) is 24.7 Å². The molecule has 21 heavy (non-hydrogen) atoms. The van der Waals surface area contributed by atoms with Crippen LogP contribution >= 0.6 is 0 Å². The van der Waals surface area contributed by atoms with Crippen LogP contribution in [0.5, 0.6) is 0 Å². The predicted octanol–water partition coefficient (Wildman–Crippen LogP) is 1.83. The fourth-order valence-electron chi connectivity index (χ4n) is 2.14. The lowest BCUT2D eigenvalue weighted by atomic mass is 10.1. The van der Waals surface area contributed by atoms with Gasteiger partial charge in [-0.25, -0.2) is 8.78 Å². The van der Waals surface area contributed by atoms with Crippen LogP contribution in [0.25, 0.3) is 0 Å². The van der Waals surface area contributed by atoms with Gasteiger partial charge in [-0.1, -0.05) is 0 Å². The summed E-state index contributed by atoms with van der Waals surface area (Å²) >= 11 is 0. The van der Waals surface area contributed by atoms with Gasteiger partial charge in [0.05, 0.1) is 13.2 Å². The van der Waals surface area contributed by atoms with Crippen molar-refractivity contribution in [1.29, 1.82) is 0 Å². The molecular weight excluding hydrogens is 299 g/mol. The van der Waals surface area contributed by atoms with E-state index in [1.54, 1.807) is 0 Å². The second-order valence-corrected chi connectivity index (χ2v) is 4.47. The number of alkyl halides is 3. The van der Waals surface area contributed by atoms with E-state index in [1.807, 2.05) is 0 Å².